The molecular formula is C17H25N3O4. The molecule has 1 aliphatic rings. The van der Waals surface area contributed by atoms with Crippen LogP contribution in [0.3, 0.4) is 0 Å². The number of benzene rings is 1. The molecule has 1 aliphatic heterocycles. The Morgan fingerprint density at radius 3 is 2.46 bits per heavy atom. The molecule has 24 heavy (non-hydrogen) atoms. The number of piperidine rings is 1. The van der Waals surface area contributed by atoms with Crippen molar-refractivity contribution in [1.29, 1.82) is 0 Å². The Morgan fingerprint density at radius 1 is 1.33 bits per heavy atom. The minimum atomic E-state index is -0.468. The maximum Gasteiger partial charge on any atom is 0.269 e. The number of anilines is 1. The third-order valence-corrected chi connectivity index (χ3v) is 5.02. The lowest BCUT2D eigenvalue weighted by Gasteiger charge is -2.40. The molecule has 0 unspecified atom stereocenters. The van der Waals surface area contributed by atoms with Gasteiger partial charge in [0.1, 0.15) is 0 Å². The summed E-state index contributed by atoms with van der Waals surface area (Å²) in [5.41, 5.74) is 0.622. The highest BCUT2D eigenvalue weighted by molar-refractivity contribution is 5.90. The molecule has 0 aromatic heterocycles. The first-order chi connectivity index (χ1) is 11.5. The predicted octanol–water partition coefficient (Wildman–Crippen LogP) is 2.41. The van der Waals surface area contributed by atoms with E-state index < -0.39 is 4.92 Å². The Morgan fingerprint density at radius 2 is 1.96 bits per heavy atom. The van der Waals surface area contributed by atoms with Crippen molar-refractivity contribution in [3.63, 3.8) is 0 Å². The molecule has 1 saturated heterocycles. The Bertz CT molecular complexity index is 560. The molecular weight excluding hydrogens is 310 g/mol. The van der Waals surface area contributed by atoms with Gasteiger partial charge < -0.3 is 15.3 Å². The van der Waals surface area contributed by atoms with Gasteiger partial charge in [-0.2, -0.15) is 0 Å². The fourth-order valence-electron chi connectivity index (χ4n) is 3.02. The van der Waals surface area contributed by atoms with E-state index in [1.54, 1.807) is 0 Å². The fraction of sp³-hybridized carbons (Fsp3) is 0.588. The van der Waals surface area contributed by atoms with Gasteiger partial charge in [0.15, 0.2) is 0 Å². The van der Waals surface area contributed by atoms with Crippen molar-refractivity contribution in [2.75, 3.05) is 31.6 Å². The van der Waals surface area contributed by atoms with Crippen LogP contribution >= 0.6 is 0 Å². The molecule has 0 aliphatic carbocycles. The van der Waals surface area contributed by atoms with Gasteiger partial charge in [-0.15, -0.1) is 0 Å². The summed E-state index contributed by atoms with van der Waals surface area (Å²) in [4.78, 5) is 24.4. The standard InChI is InChI=1S/C17H25N3O4/c1-2-17(13-21)8-11-19(12-9-17)10-7-16(22)18-14-3-5-15(6-4-14)20(23)24/h3-6,21H,2,7-13H2,1H3,(H,18,22). The summed E-state index contributed by atoms with van der Waals surface area (Å²) in [6.07, 6.45) is 3.29. The number of nitro benzene ring substituents is 1. The van der Waals surface area contributed by atoms with Crippen molar-refractivity contribution < 1.29 is 14.8 Å². The van der Waals surface area contributed by atoms with Crippen LogP contribution in [-0.4, -0.2) is 47.1 Å². The van der Waals surface area contributed by atoms with E-state index in [2.05, 4.69) is 17.1 Å². The number of likely N-dealkylation sites (tertiary alicyclic amines) is 1. The van der Waals surface area contributed by atoms with E-state index in [9.17, 15) is 20.0 Å². The van der Waals surface area contributed by atoms with Crippen LogP contribution in [-0.2, 0) is 4.79 Å². The van der Waals surface area contributed by atoms with Crippen molar-refractivity contribution in [2.45, 2.75) is 32.6 Å². The Kier molecular flexibility index (Phi) is 6.28. The molecule has 2 rings (SSSR count). The number of hydrogen-bond acceptors (Lipinski definition) is 5. The highest BCUT2D eigenvalue weighted by Gasteiger charge is 2.32. The van der Waals surface area contributed by atoms with Gasteiger partial charge in [0.05, 0.1) is 4.92 Å². The minimum absolute atomic E-state index is 0.00427. The average Bonchev–Trinajstić information content (AvgIpc) is 2.61. The zero-order valence-electron chi connectivity index (χ0n) is 14.0. The normalized spacial score (nSPS) is 17.4. The molecule has 0 radical (unpaired) electrons. The van der Waals surface area contributed by atoms with Crippen molar-refractivity contribution in [2.24, 2.45) is 5.41 Å². The highest BCUT2D eigenvalue weighted by Crippen LogP contribution is 2.34. The Labute approximate surface area is 141 Å². The Balaban J connectivity index is 1.75. The Hall–Kier alpha value is -1.99. The second kappa shape index (κ2) is 8.21. The van der Waals surface area contributed by atoms with Gasteiger partial charge in [-0.05, 0) is 49.9 Å². The highest BCUT2D eigenvalue weighted by atomic mass is 16.6. The zero-order valence-corrected chi connectivity index (χ0v) is 14.0. The topological polar surface area (TPSA) is 95.7 Å². The van der Waals surface area contributed by atoms with Crippen LogP contribution in [0.1, 0.15) is 32.6 Å². The number of non-ortho nitro benzene ring substituents is 1. The second-order valence-corrected chi connectivity index (χ2v) is 6.46. The lowest BCUT2D eigenvalue weighted by molar-refractivity contribution is -0.384. The lowest BCUT2D eigenvalue weighted by atomic mass is 9.77. The third-order valence-electron chi connectivity index (χ3n) is 5.02. The van der Waals surface area contributed by atoms with Crippen LogP contribution < -0.4 is 5.32 Å². The number of nitrogens with zero attached hydrogens (tertiary/aromatic N) is 2. The number of hydrogen-bond donors (Lipinski definition) is 2. The third kappa shape index (κ3) is 4.75. The number of aliphatic hydroxyl groups excluding tert-OH is 1. The summed E-state index contributed by atoms with van der Waals surface area (Å²) in [6.45, 7) is 4.84. The average molecular weight is 335 g/mol. The van der Waals surface area contributed by atoms with Crippen LogP contribution in [0.5, 0.6) is 0 Å². The lowest BCUT2D eigenvalue weighted by Crippen LogP contribution is -2.42. The van der Waals surface area contributed by atoms with E-state index in [-0.39, 0.29) is 23.6 Å². The number of aliphatic hydroxyl groups is 1. The SMILES string of the molecule is CCC1(CO)CCN(CCC(=O)Nc2ccc([N+](=O)[O-])cc2)CC1. The number of amides is 1. The smallest absolute Gasteiger partial charge is 0.269 e. The van der Waals surface area contributed by atoms with Gasteiger partial charge in [-0.3, -0.25) is 14.9 Å². The van der Waals surface area contributed by atoms with Gasteiger partial charge in [0.25, 0.3) is 5.69 Å². The molecule has 7 heteroatoms. The number of rotatable bonds is 7. The molecule has 0 atom stereocenters. The van der Waals surface area contributed by atoms with E-state index >= 15 is 0 Å². The first-order valence-corrected chi connectivity index (χ1v) is 8.35. The van der Waals surface area contributed by atoms with E-state index in [0.717, 1.165) is 32.4 Å². The van der Waals surface area contributed by atoms with E-state index in [1.165, 1.54) is 24.3 Å². The van der Waals surface area contributed by atoms with Crippen LogP contribution in [0.15, 0.2) is 24.3 Å². The zero-order chi connectivity index (χ0) is 17.6. The number of nitrogens with one attached hydrogen (secondary N) is 1. The molecule has 1 aromatic rings. The van der Waals surface area contributed by atoms with Gasteiger partial charge in [-0.1, -0.05) is 6.92 Å². The molecule has 0 saturated carbocycles. The van der Waals surface area contributed by atoms with Gasteiger partial charge >= 0.3 is 0 Å². The summed E-state index contributed by atoms with van der Waals surface area (Å²) < 4.78 is 0. The van der Waals surface area contributed by atoms with Crippen molar-refractivity contribution in [3.05, 3.63) is 34.4 Å². The van der Waals surface area contributed by atoms with E-state index in [1.807, 2.05) is 0 Å². The first kappa shape index (κ1) is 18.4. The molecule has 1 fully saturated rings. The molecule has 1 aromatic carbocycles. The summed E-state index contributed by atoms with van der Waals surface area (Å²) in [5, 5.41) is 22.9. The molecule has 2 N–H and O–H groups in total. The molecule has 7 nitrogen and oxygen atoms in total. The van der Waals surface area contributed by atoms with Crippen molar-refractivity contribution in [3.8, 4) is 0 Å². The number of carbonyl (C=O) groups is 1. The molecule has 1 amide bonds. The molecule has 132 valence electrons. The van der Waals surface area contributed by atoms with Crippen LogP contribution in [0, 0.1) is 15.5 Å². The van der Waals surface area contributed by atoms with E-state index in [4.69, 9.17) is 0 Å². The second-order valence-electron chi connectivity index (χ2n) is 6.46. The molecule has 0 spiro atoms. The predicted molar refractivity (Wildman–Crippen MR) is 91.8 cm³/mol. The monoisotopic (exact) mass is 335 g/mol. The maximum atomic E-state index is 12.0. The van der Waals surface area contributed by atoms with E-state index in [0.29, 0.717) is 18.7 Å². The fourth-order valence-corrected chi connectivity index (χ4v) is 3.02. The first-order valence-electron chi connectivity index (χ1n) is 8.35. The summed E-state index contributed by atoms with van der Waals surface area (Å²) in [7, 11) is 0. The van der Waals surface area contributed by atoms with Crippen LogP contribution in [0.25, 0.3) is 0 Å². The molecule has 0 bridgehead atoms. The summed E-state index contributed by atoms with van der Waals surface area (Å²) >= 11 is 0. The quantitative estimate of drug-likeness (QED) is 0.589. The number of nitro groups is 1. The van der Waals surface area contributed by atoms with Crippen LogP contribution in [0.4, 0.5) is 11.4 Å². The summed E-state index contributed by atoms with van der Waals surface area (Å²) in [6, 6.07) is 5.82. The molecule has 1 heterocycles. The minimum Gasteiger partial charge on any atom is -0.396 e. The van der Waals surface area contributed by atoms with Crippen molar-refractivity contribution in [1.82, 2.24) is 4.90 Å². The van der Waals surface area contributed by atoms with Crippen molar-refractivity contribution >= 4 is 17.3 Å². The summed E-state index contributed by atoms with van der Waals surface area (Å²) in [5.74, 6) is -0.0988. The van der Waals surface area contributed by atoms with Crippen LogP contribution in [0.2, 0.25) is 0 Å². The largest absolute Gasteiger partial charge is 0.396 e. The van der Waals surface area contributed by atoms with Gasteiger partial charge in [0.2, 0.25) is 5.91 Å². The maximum absolute atomic E-state index is 12.0. The van der Waals surface area contributed by atoms with Gasteiger partial charge in [-0.25, -0.2) is 0 Å². The van der Waals surface area contributed by atoms with Gasteiger partial charge in [0, 0.05) is 37.4 Å². The number of carbonyl (C=O) groups excluding carboxylic acids is 1.